The summed E-state index contributed by atoms with van der Waals surface area (Å²) < 4.78 is 9.03. The lowest BCUT2D eigenvalue weighted by atomic mass is 10.0. The lowest BCUT2D eigenvalue weighted by molar-refractivity contribution is 0.0518. The number of aromatic nitrogens is 5. The summed E-state index contributed by atoms with van der Waals surface area (Å²) in [6, 6.07) is 9.78. The molecule has 4 aromatic rings. The van der Waals surface area contributed by atoms with E-state index in [0.29, 0.717) is 17.9 Å². The minimum atomic E-state index is -0.377. The molecule has 0 amide bonds. The predicted molar refractivity (Wildman–Crippen MR) is 104 cm³/mol. The summed E-state index contributed by atoms with van der Waals surface area (Å²) in [6.07, 6.45) is 7.33. The van der Waals surface area contributed by atoms with Gasteiger partial charge in [-0.25, -0.2) is 9.78 Å². The first-order valence-electron chi connectivity index (χ1n) is 9.42. The summed E-state index contributed by atoms with van der Waals surface area (Å²) in [5.41, 5.74) is 6.10. The molecule has 0 unspecified atom stereocenters. The molecule has 4 aromatic heterocycles. The van der Waals surface area contributed by atoms with Gasteiger partial charge < -0.3 is 4.74 Å². The van der Waals surface area contributed by atoms with E-state index in [4.69, 9.17) is 9.84 Å². The van der Waals surface area contributed by atoms with E-state index in [1.807, 2.05) is 36.5 Å². The van der Waals surface area contributed by atoms with Gasteiger partial charge >= 0.3 is 5.97 Å². The van der Waals surface area contributed by atoms with Crippen molar-refractivity contribution < 1.29 is 9.53 Å². The number of carbonyl (C=O) groups is 1. The van der Waals surface area contributed by atoms with Gasteiger partial charge in [-0.1, -0.05) is 6.07 Å². The molecule has 5 rings (SSSR count). The minimum Gasteiger partial charge on any atom is -0.461 e. The fourth-order valence-electron chi connectivity index (χ4n) is 3.80. The summed E-state index contributed by atoms with van der Waals surface area (Å²) in [5, 5.41) is 4.83. The third kappa shape index (κ3) is 2.58. The smallest absolute Gasteiger partial charge is 0.356 e. The second-order valence-electron chi connectivity index (χ2n) is 6.72. The highest BCUT2D eigenvalue weighted by Gasteiger charge is 2.25. The average Bonchev–Trinajstić information content (AvgIpc) is 3.42. The maximum atomic E-state index is 12.3. The third-order valence-electron chi connectivity index (χ3n) is 5.03. The molecule has 0 fully saturated rings. The number of hydrogen-bond donors (Lipinski definition) is 0. The van der Waals surface area contributed by atoms with Crippen molar-refractivity contribution in [3.8, 4) is 22.5 Å². The highest BCUT2D eigenvalue weighted by atomic mass is 16.5. The van der Waals surface area contributed by atoms with Crippen LogP contribution in [0.25, 0.3) is 28.2 Å². The Balaban J connectivity index is 1.70. The van der Waals surface area contributed by atoms with Gasteiger partial charge in [0.2, 0.25) is 0 Å². The van der Waals surface area contributed by atoms with E-state index in [-0.39, 0.29) is 5.97 Å². The molecule has 0 saturated heterocycles. The molecular formula is C21H19N5O2. The van der Waals surface area contributed by atoms with E-state index in [2.05, 4.69) is 14.6 Å². The molecule has 5 heterocycles. The Kier molecular flexibility index (Phi) is 3.93. The number of esters is 1. The zero-order chi connectivity index (χ0) is 19.1. The quantitative estimate of drug-likeness (QED) is 0.513. The van der Waals surface area contributed by atoms with Gasteiger partial charge in [0.05, 0.1) is 18.5 Å². The maximum Gasteiger partial charge on any atom is 0.356 e. The van der Waals surface area contributed by atoms with Crippen molar-refractivity contribution in [3.05, 3.63) is 60.3 Å². The number of pyridine rings is 2. The molecular weight excluding hydrogens is 354 g/mol. The lowest BCUT2D eigenvalue weighted by Gasteiger charge is -2.07. The topological polar surface area (TPSA) is 74.3 Å². The monoisotopic (exact) mass is 373 g/mol. The Hall–Kier alpha value is -3.48. The molecule has 0 atom stereocenters. The summed E-state index contributed by atoms with van der Waals surface area (Å²) in [7, 11) is 0. The number of ether oxygens (including phenoxy) is 1. The predicted octanol–water partition coefficient (Wildman–Crippen LogP) is 3.38. The van der Waals surface area contributed by atoms with Crippen molar-refractivity contribution in [2.24, 2.45) is 0 Å². The zero-order valence-electron chi connectivity index (χ0n) is 15.5. The van der Waals surface area contributed by atoms with Gasteiger partial charge in [0.15, 0.2) is 5.69 Å². The second-order valence-corrected chi connectivity index (χ2v) is 6.72. The van der Waals surface area contributed by atoms with E-state index in [9.17, 15) is 4.79 Å². The van der Waals surface area contributed by atoms with Crippen LogP contribution in [-0.4, -0.2) is 36.7 Å². The number of nitrogens with zero attached hydrogens (tertiary/aromatic N) is 5. The second kappa shape index (κ2) is 6.60. The zero-order valence-corrected chi connectivity index (χ0v) is 15.5. The molecule has 28 heavy (non-hydrogen) atoms. The number of hydrogen-bond acceptors (Lipinski definition) is 5. The van der Waals surface area contributed by atoms with E-state index in [0.717, 1.165) is 41.9 Å². The Bertz CT molecular complexity index is 1180. The number of aryl methyl sites for hydroxylation is 1. The van der Waals surface area contributed by atoms with Crippen molar-refractivity contribution in [2.75, 3.05) is 6.61 Å². The first-order valence-corrected chi connectivity index (χ1v) is 9.42. The highest BCUT2D eigenvalue weighted by molar-refractivity contribution is 5.89. The van der Waals surface area contributed by atoms with Crippen LogP contribution in [-0.2, 0) is 17.7 Å². The molecule has 0 bridgehead atoms. The number of imidazole rings is 1. The SMILES string of the molecule is CCOC(=O)c1cnc2ccc(-c3c(-c4ccccn4)nn4c3CCC4)cn12. The Morgan fingerprint density at radius 3 is 2.96 bits per heavy atom. The molecule has 0 radical (unpaired) electrons. The normalized spacial score (nSPS) is 13.0. The number of rotatable bonds is 4. The van der Waals surface area contributed by atoms with Crippen LogP contribution >= 0.6 is 0 Å². The van der Waals surface area contributed by atoms with Gasteiger partial charge in [0, 0.05) is 35.8 Å². The minimum absolute atomic E-state index is 0.326. The average molecular weight is 373 g/mol. The van der Waals surface area contributed by atoms with Crippen LogP contribution in [0.1, 0.15) is 29.5 Å². The highest BCUT2D eigenvalue weighted by Crippen LogP contribution is 2.36. The van der Waals surface area contributed by atoms with E-state index in [1.54, 1.807) is 23.7 Å². The van der Waals surface area contributed by atoms with Gasteiger partial charge in [-0.15, -0.1) is 0 Å². The molecule has 0 spiro atoms. The van der Waals surface area contributed by atoms with Crippen molar-refractivity contribution in [2.45, 2.75) is 26.3 Å². The van der Waals surface area contributed by atoms with Crippen LogP contribution in [0.3, 0.4) is 0 Å². The molecule has 0 saturated carbocycles. The van der Waals surface area contributed by atoms with Crippen LogP contribution in [0.5, 0.6) is 0 Å². The largest absolute Gasteiger partial charge is 0.461 e. The van der Waals surface area contributed by atoms with Crippen molar-refractivity contribution in [1.82, 2.24) is 24.1 Å². The first-order chi connectivity index (χ1) is 13.8. The van der Waals surface area contributed by atoms with Gasteiger partial charge in [-0.2, -0.15) is 5.10 Å². The molecule has 7 heteroatoms. The van der Waals surface area contributed by atoms with Crippen LogP contribution in [0.15, 0.2) is 48.9 Å². The standard InChI is InChI=1S/C21H19N5O2/c1-2-28-21(27)17-12-23-18-9-8-14(13-25(17)18)19-16-7-5-11-26(16)24-20(19)15-6-3-4-10-22-15/h3-4,6,8-10,12-13H,2,5,7,11H2,1H3. The lowest BCUT2D eigenvalue weighted by Crippen LogP contribution is -2.07. The van der Waals surface area contributed by atoms with Crippen molar-refractivity contribution >= 4 is 11.6 Å². The van der Waals surface area contributed by atoms with Gasteiger partial charge in [-0.3, -0.25) is 14.1 Å². The van der Waals surface area contributed by atoms with Gasteiger partial charge in [0.25, 0.3) is 0 Å². The summed E-state index contributed by atoms with van der Waals surface area (Å²) in [4.78, 5) is 21.1. The first kappa shape index (κ1) is 16.7. The third-order valence-corrected chi connectivity index (χ3v) is 5.03. The van der Waals surface area contributed by atoms with Crippen molar-refractivity contribution in [1.29, 1.82) is 0 Å². The van der Waals surface area contributed by atoms with Crippen LogP contribution in [0.2, 0.25) is 0 Å². The van der Waals surface area contributed by atoms with Crippen molar-refractivity contribution in [3.63, 3.8) is 0 Å². The molecule has 1 aliphatic rings. The molecule has 0 aromatic carbocycles. The fraction of sp³-hybridized carbons (Fsp3) is 0.238. The summed E-state index contributed by atoms with van der Waals surface area (Å²) in [6.45, 7) is 3.03. The number of carbonyl (C=O) groups excluding carboxylic acids is 1. The van der Waals surface area contributed by atoms with E-state index >= 15 is 0 Å². The molecule has 0 N–H and O–H groups in total. The Labute approximate surface area is 161 Å². The summed E-state index contributed by atoms with van der Waals surface area (Å²) in [5.74, 6) is -0.377. The summed E-state index contributed by atoms with van der Waals surface area (Å²) >= 11 is 0. The van der Waals surface area contributed by atoms with E-state index < -0.39 is 0 Å². The van der Waals surface area contributed by atoms with Crippen LogP contribution in [0.4, 0.5) is 0 Å². The Morgan fingerprint density at radius 2 is 2.14 bits per heavy atom. The van der Waals surface area contributed by atoms with Crippen LogP contribution in [0, 0.1) is 0 Å². The maximum absolute atomic E-state index is 12.3. The van der Waals surface area contributed by atoms with Crippen LogP contribution < -0.4 is 0 Å². The van der Waals surface area contributed by atoms with E-state index in [1.165, 1.54) is 5.69 Å². The van der Waals surface area contributed by atoms with Gasteiger partial charge in [-0.05, 0) is 44.0 Å². The number of fused-ring (bicyclic) bond motifs is 2. The molecule has 0 aliphatic carbocycles. The molecule has 140 valence electrons. The fourth-order valence-corrected chi connectivity index (χ4v) is 3.80. The molecule has 7 nitrogen and oxygen atoms in total. The molecule has 1 aliphatic heterocycles. The Morgan fingerprint density at radius 1 is 1.21 bits per heavy atom. The van der Waals surface area contributed by atoms with Gasteiger partial charge in [0.1, 0.15) is 11.3 Å².